The van der Waals surface area contributed by atoms with Crippen LogP contribution in [0.5, 0.6) is 0 Å². The molecule has 24 heavy (non-hydrogen) atoms. The summed E-state index contributed by atoms with van der Waals surface area (Å²) in [6.07, 6.45) is 4.83. The molecule has 0 amide bonds. The molecule has 0 spiro atoms. The van der Waals surface area contributed by atoms with Gasteiger partial charge in [0.2, 0.25) is 0 Å². The largest absolute Gasteiger partial charge is 0.468 e. The summed E-state index contributed by atoms with van der Waals surface area (Å²) in [6.45, 7) is 3.86. The average molecular weight is 322 g/mol. The molecular formula is C22H26O2. The summed E-state index contributed by atoms with van der Waals surface area (Å²) in [5.74, 6) is -0.195. The zero-order valence-corrected chi connectivity index (χ0v) is 14.8. The van der Waals surface area contributed by atoms with Crippen molar-refractivity contribution in [3.05, 3.63) is 71.3 Å². The van der Waals surface area contributed by atoms with Crippen LogP contribution in [0, 0.1) is 0 Å². The molecule has 0 radical (unpaired) electrons. The van der Waals surface area contributed by atoms with Crippen LogP contribution in [-0.4, -0.2) is 13.1 Å². The normalized spacial score (nSPS) is 16.8. The molecule has 2 heteroatoms. The van der Waals surface area contributed by atoms with Gasteiger partial charge in [0.1, 0.15) is 0 Å². The molecule has 2 aromatic rings. The van der Waals surface area contributed by atoms with Gasteiger partial charge < -0.3 is 4.74 Å². The SMILES string of the molecule is COC(=O)C(C)(C)c1cccc(C2(c3ccccc3)CCCC2)c1. The molecule has 1 aliphatic rings. The minimum Gasteiger partial charge on any atom is -0.468 e. The molecule has 1 saturated carbocycles. The lowest BCUT2D eigenvalue weighted by atomic mass is 9.71. The van der Waals surface area contributed by atoms with E-state index in [0.29, 0.717) is 0 Å². The van der Waals surface area contributed by atoms with Crippen molar-refractivity contribution in [1.82, 2.24) is 0 Å². The molecule has 1 fully saturated rings. The monoisotopic (exact) mass is 322 g/mol. The van der Waals surface area contributed by atoms with Crippen LogP contribution in [0.15, 0.2) is 54.6 Å². The molecule has 1 aliphatic carbocycles. The lowest BCUT2D eigenvalue weighted by Crippen LogP contribution is -2.31. The standard InChI is InChI=1S/C22H26O2/c1-21(2,20(23)24-3)18-12-9-13-19(16-18)22(14-7-8-15-22)17-10-5-4-6-11-17/h4-6,9-13,16H,7-8,14-15H2,1-3H3. The van der Waals surface area contributed by atoms with Gasteiger partial charge in [0.25, 0.3) is 0 Å². The number of ether oxygens (including phenoxy) is 1. The van der Waals surface area contributed by atoms with E-state index in [0.717, 1.165) is 5.56 Å². The molecule has 0 saturated heterocycles. The van der Waals surface area contributed by atoms with E-state index >= 15 is 0 Å². The summed E-state index contributed by atoms with van der Waals surface area (Å²) in [7, 11) is 1.45. The Morgan fingerprint density at radius 2 is 1.58 bits per heavy atom. The molecule has 3 rings (SSSR count). The molecule has 0 aliphatic heterocycles. The highest BCUT2D eigenvalue weighted by Crippen LogP contribution is 2.47. The highest BCUT2D eigenvalue weighted by molar-refractivity contribution is 5.82. The third-order valence-electron chi connectivity index (χ3n) is 5.62. The predicted molar refractivity (Wildman–Crippen MR) is 97.2 cm³/mol. The van der Waals surface area contributed by atoms with Gasteiger partial charge in [-0.1, -0.05) is 67.4 Å². The van der Waals surface area contributed by atoms with Gasteiger partial charge in [-0.05, 0) is 43.4 Å². The first-order valence-corrected chi connectivity index (χ1v) is 8.76. The second-order valence-electron chi connectivity index (χ2n) is 7.35. The van der Waals surface area contributed by atoms with Crippen molar-refractivity contribution in [2.24, 2.45) is 0 Å². The summed E-state index contributed by atoms with van der Waals surface area (Å²) >= 11 is 0. The van der Waals surface area contributed by atoms with Gasteiger partial charge in [-0.3, -0.25) is 4.79 Å². The highest BCUT2D eigenvalue weighted by Gasteiger charge is 2.38. The van der Waals surface area contributed by atoms with E-state index in [1.54, 1.807) is 0 Å². The number of carbonyl (C=O) groups excluding carboxylic acids is 1. The van der Waals surface area contributed by atoms with Gasteiger partial charge in [-0.15, -0.1) is 0 Å². The Morgan fingerprint density at radius 1 is 0.958 bits per heavy atom. The van der Waals surface area contributed by atoms with E-state index in [1.165, 1.54) is 43.9 Å². The molecule has 0 bridgehead atoms. The Balaban J connectivity index is 2.08. The fourth-order valence-electron chi connectivity index (χ4n) is 4.06. The topological polar surface area (TPSA) is 26.3 Å². The van der Waals surface area contributed by atoms with E-state index in [2.05, 4.69) is 48.5 Å². The van der Waals surface area contributed by atoms with Gasteiger partial charge in [0, 0.05) is 5.41 Å². The molecule has 0 N–H and O–H groups in total. The lowest BCUT2D eigenvalue weighted by Gasteiger charge is -2.32. The Morgan fingerprint density at radius 3 is 2.21 bits per heavy atom. The Hall–Kier alpha value is -2.09. The maximum atomic E-state index is 12.2. The number of hydrogen-bond acceptors (Lipinski definition) is 2. The Kier molecular flexibility index (Phi) is 4.49. The van der Waals surface area contributed by atoms with Crippen LogP contribution in [0.1, 0.15) is 56.2 Å². The fourth-order valence-corrected chi connectivity index (χ4v) is 4.06. The molecule has 2 aromatic carbocycles. The van der Waals surface area contributed by atoms with Gasteiger partial charge in [-0.2, -0.15) is 0 Å². The summed E-state index contributed by atoms with van der Waals surface area (Å²) in [4.78, 5) is 12.2. The van der Waals surface area contributed by atoms with E-state index in [-0.39, 0.29) is 11.4 Å². The van der Waals surface area contributed by atoms with Gasteiger partial charge in [-0.25, -0.2) is 0 Å². The number of rotatable bonds is 4. The highest BCUT2D eigenvalue weighted by atomic mass is 16.5. The Labute approximate surface area is 144 Å². The van der Waals surface area contributed by atoms with Crippen LogP contribution in [0.25, 0.3) is 0 Å². The van der Waals surface area contributed by atoms with Gasteiger partial charge >= 0.3 is 5.97 Å². The quantitative estimate of drug-likeness (QED) is 0.741. The van der Waals surface area contributed by atoms with Crippen LogP contribution in [0.3, 0.4) is 0 Å². The second kappa shape index (κ2) is 6.43. The first-order chi connectivity index (χ1) is 11.5. The third-order valence-corrected chi connectivity index (χ3v) is 5.62. The minimum absolute atomic E-state index is 0.0729. The zero-order valence-electron chi connectivity index (χ0n) is 14.8. The molecule has 2 nitrogen and oxygen atoms in total. The van der Waals surface area contributed by atoms with Crippen molar-refractivity contribution >= 4 is 5.97 Å². The van der Waals surface area contributed by atoms with Crippen LogP contribution in [0.4, 0.5) is 0 Å². The summed E-state index contributed by atoms with van der Waals surface area (Å²) in [5.41, 5.74) is 3.16. The summed E-state index contributed by atoms with van der Waals surface area (Å²) in [5, 5.41) is 0. The van der Waals surface area contributed by atoms with Crippen molar-refractivity contribution in [3.63, 3.8) is 0 Å². The van der Waals surface area contributed by atoms with Gasteiger partial charge in [0.15, 0.2) is 0 Å². The van der Waals surface area contributed by atoms with Crippen LogP contribution in [-0.2, 0) is 20.4 Å². The summed E-state index contributed by atoms with van der Waals surface area (Å²) in [6, 6.07) is 19.3. The molecule has 0 unspecified atom stereocenters. The predicted octanol–water partition coefficient (Wildman–Crippen LogP) is 5.00. The molecule has 0 aromatic heterocycles. The second-order valence-corrected chi connectivity index (χ2v) is 7.35. The molecule has 0 atom stereocenters. The number of esters is 1. The van der Waals surface area contributed by atoms with Crippen LogP contribution < -0.4 is 0 Å². The van der Waals surface area contributed by atoms with E-state index in [4.69, 9.17) is 4.74 Å². The number of methoxy groups -OCH3 is 1. The zero-order chi connectivity index (χ0) is 17.2. The Bertz CT molecular complexity index is 710. The first-order valence-electron chi connectivity index (χ1n) is 8.76. The fraction of sp³-hybridized carbons (Fsp3) is 0.409. The number of hydrogen-bond donors (Lipinski definition) is 0. The van der Waals surface area contributed by atoms with Crippen LogP contribution in [0.2, 0.25) is 0 Å². The van der Waals surface area contributed by atoms with Crippen molar-refractivity contribution < 1.29 is 9.53 Å². The molecule has 0 heterocycles. The van der Waals surface area contributed by atoms with E-state index in [1.807, 2.05) is 19.9 Å². The van der Waals surface area contributed by atoms with Crippen LogP contribution >= 0.6 is 0 Å². The van der Waals surface area contributed by atoms with Crippen molar-refractivity contribution in [1.29, 1.82) is 0 Å². The first kappa shape index (κ1) is 16.8. The van der Waals surface area contributed by atoms with E-state index in [9.17, 15) is 4.79 Å². The third kappa shape index (κ3) is 2.75. The maximum absolute atomic E-state index is 12.2. The smallest absolute Gasteiger partial charge is 0.315 e. The molecule has 126 valence electrons. The number of carbonyl (C=O) groups is 1. The summed E-state index contributed by atoms with van der Waals surface area (Å²) < 4.78 is 5.01. The van der Waals surface area contributed by atoms with E-state index < -0.39 is 5.41 Å². The average Bonchev–Trinajstić information content (AvgIpc) is 3.13. The van der Waals surface area contributed by atoms with Crippen molar-refractivity contribution in [2.45, 2.75) is 50.4 Å². The van der Waals surface area contributed by atoms with Crippen molar-refractivity contribution in [3.8, 4) is 0 Å². The van der Waals surface area contributed by atoms with Gasteiger partial charge in [0.05, 0.1) is 12.5 Å². The maximum Gasteiger partial charge on any atom is 0.315 e. The van der Waals surface area contributed by atoms with Crippen molar-refractivity contribution in [2.75, 3.05) is 7.11 Å². The minimum atomic E-state index is -0.638. The molecular weight excluding hydrogens is 296 g/mol. The number of benzene rings is 2. The lowest BCUT2D eigenvalue weighted by molar-refractivity contribution is -0.146.